The van der Waals surface area contributed by atoms with Crippen LogP contribution in [0.3, 0.4) is 0 Å². The van der Waals surface area contributed by atoms with E-state index >= 15 is 0 Å². The van der Waals surface area contributed by atoms with Crippen molar-refractivity contribution in [3.63, 3.8) is 0 Å². The molecule has 0 saturated heterocycles. The van der Waals surface area contributed by atoms with E-state index in [0.717, 1.165) is 0 Å². The van der Waals surface area contributed by atoms with Gasteiger partial charge >= 0.3 is 5.97 Å². The first-order chi connectivity index (χ1) is 7.83. The lowest BCUT2D eigenvalue weighted by molar-refractivity contribution is -0.140. The van der Waals surface area contributed by atoms with Gasteiger partial charge in [-0.1, -0.05) is 0 Å². The van der Waals surface area contributed by atoms with E-state index in [1.54, 1.807) is 0 Å². The van der Waals surface area contributed by atoms with E-state index in [0.29, 0.717) is 0 Å². The second-order valence-electron chi connectivity index (χ2n) is 3.73. The normalized spacial score (nSPS) is 12.9. The smallest absolute Gasteiger partial charge is 0.306 e. The molecule has 1 unspecified atom stereocenters. The molecule has 0 aromatic carbocycles. The van der Waals surface area contributed by atoms with Crippen LogP contribution in [0.15, 0.2) is 0 Å². The van der Waals surface area contributed by atoms with Crippen molar-refractivity contribution in [3.8, 4) is 0 Å². The molecule has 0 saturated carbocycles. The van der Waals surface area contributed by atoms with Gasteiger partial charge in [-0.2, -0.15) is 0 Å². The maximum Gasteiger partial charge on any atom is 0.306 e. The summed E-state index contributed by atoms with van der Waals surface area (Å²) in [5.41, 5.74) is 0. The van der Waals surface area contributed by atoms with E-state index in [9.17, 15) is 18.0 Å². The molecule has 0 aliphatic heterocycles. The Balaban J connectivity index is 4.19. The summed E-state index contributed by atoms with van der Waals surface area (Å²) in [6.45, 7) is 1.46. The van der Waals surface area contributed by atoms with E-state index in [4.69, 9.17) is 0 Å². The van der Waals surface area contributed by atoms with Gasteiger partial charge in [-0.15, -0.1) is 0 Å². The molecule has 0 aromatic heterocycles. The summed E-state index contributed by atoms with van der Waals surface area (Å²) >= 11 is 0. The van der Waals surface area contributed by atoms with Crippen molar-refractivity contribution in [1.29, 1.82) is 0 Å². The third-order valence-corrected chi connectivity index (χ3v) is 4.66. The molecule has 0 aliphatic carbocycles. The first-order valence-corrected chi connectivity index (χ1v) is 7.04. The lowest BCUT2D eigenvalue weighted by Crippen LogP contribution is -2.25. The Kier molecular flexibility index (Phi) is 6.79. The summed E-state index contributed by atoms with van der Waals surface area (Å²) in [7, 11) is -0.638. The highest BCUT2D eigenvalue weighted by atomic mass is 32.2. The van der Waals surface area contributed by atoms with E-state index in [1.165, 1.54) is 21.1 Å². The lowest BCUT2D eigenvalue weighted by atomic mass is 10.3. The Morgan fingerprint density at radius 1 is 1.35 bits per heavy atom. The topological polar surface area (TPSA) is 89.5 Å². The average molecular weight is 265 g/mol. The zero-order valence-corrected chi connectivity index (χ0v) is 11.2. The highest BCUT2D eigenvalue weighted by Crippen LogP contribution is 2.09. The molecule has 0 aromatic rings. The quantitative estimate of drug-likeness (QED) is 0.648. The van der Waals surface area contributed by atoms with Crippen LogP contribution in [-0.4, -0.2) is 45.5 Å². The van der Waals surface area contributed by atoms with E-state index in [1.807, 2.05) is 0 Å². The SMILES string of the molecule is CNC(=O)CCCS(=O)(=O)C(C)CC(=O)OC. The maximum absolute atomic E-state index is 11.7. The second kappa shape index (κ2) is 7.26. The fourth-order valence-electron chi connectivity index (χ4n) is 1.21. The van der Waals surface area contributed by atoms with Gasteiger partial charge < -0.3 is 10.1 Å². The first-order valence-electron chi connectivity index (χ1n) is 5.32. The molecule has 17 heavy (non-hydrogen) atoms. The Hall–Kier alpha value is -1.11. The van der Waals surface area contributed by atoms with Crippen molar-refractivity contribution < 1.29 is 22.7 Å². The van der Waals surface area contributed by atoms with Crippen molar-refractivity contribution in [2.45, 2.75) is 31.4 Å². The van der Waals surface area contributed by atoms with Gasteiger partial charge in [-0.05, 0) is 13.3 Å². The van der Waals surface area contributed by atoms with Crippen LogP contribution in [0, 0.1) is 0 Å². The van der Waals surface area contributed by atoms with Gasteiger partial charge in [-0.3, -0.25) is 9.59 Å². The summed E-state index contributed by atoms with van der Waals surface area (Å²) in [5, 5.41) is 1.64. The summed E-state index contributed by atoms with van der Waals surface area (Å²) in [6, 6.07) is 0. The van der Waals surface area contributed by atoms with Crippen LogP contribution < -0.4 is 5.32 Å². The highest BCUT2D eigenvalue weighted by molar-refractivity contribution is 7.92. The Bertz CT molecular complexity index is 363. The second-order valence-corrected chi connectivity index (χ2v) is 6.27. The van der Waals surface area contributed by atoms with Crippen molar-refractivity contribution >= 4 is 21.7 Å². The van der Waals surface area contributed by atoms with Crippen LogP contribution in [0.2, 0.25) is 0 Å². The number of methoxy groups -OCH3 is 1. The molecule has 0 spiro atoms. The number of hydrogen-bond acceptors (Lipinski definition) is 5. The number of ether oxygens (including phenoxy) is 1. The average Bonchev–Trinajstić information content (AvgIpc) is 2.28. The van der Waals surface area contributed by atoms with Gasteiger partial charge in [0.15, 0.2) is 9.84 Å². The molecular weight excluding hydrogens is 246 g/mol. The van der Waals surface area contributed by atoms with E-state index in [2.05, 4.69) is 10.1 Å². The van der Waals surface area contributed by atoms with Gasteiger partial charge in [0.05, 0.1) is 24.5 Å². The fourth-order valence-corrected chi connectivity index (χ4v) is 2.54. The monoisotopic (exact) mass is 265 g/mol. The predicted octanol–water partition coefficient (Wildman–Crippen LogP) is -0.121. The fraction of sp³-hybridized carbons (Fsp3) is 0.800. The van der Waals surface area contributed by atoms with Crippen LogP contribution in [0.5, 0.6) is 0 Å². The zero-order chi connectivity index (χ0) is 13.5. The van der Waals surface area contributed by atoms with Crippen LogP contribution in [-0.2, 0) is 24.2 Å². The van der Waals surface area contributed by atoms with Gasteiger partial charge in [-0.25, -0.2) is 8.42 Å². The summed E-state index contributed by atoms with van der Waals surface area (Å²) in [5.74, 6) is -0.841. The largest absolute Gasteiger partial charge is 0.469 e. The number of carbonyl (C=O) groups is 2. The number of nitrogens with one attached hydrogen (secondary N) is 1. The maximum atomic E-state index is 11.7. The molecule has 0 heterocycles. The molecule has 1 amide bonds. The van der Waals surface area contributed by atoms with Gasteiger partial charge in [0.2, 0.25) is 5.91 Å². The molecule has 0 fully saturated rings. The third kappa shape index (κ3) is 6.25. The standard InChI is InChI=1S/C10H19NO5S/c1-8(7-10(13)16-3)17(14,15)6-4-5-9(12)11-2/h8H,4-7H2,1-3H3,(H,11,12). The minimum atomic E-state index is -3.35. The highest BCUT2D eigenvalue weighted by Gasteiger charge is 2.23. The van der Waals surface area contributed by atoms with Gasteiger partial charge in [0.25, 0.3) is 0 Å². The Morgan fingerprint density at radius 2 is 1.94 bits per heavy atom. The van der Waals surface area contributed by atoms with Crippen molar-refractivity contribution in [2.75, 3.05) is 19.9 Å². The molecule has 7 heteroatoms. The van der Waals surface area contributed by atoms with Crippen LogP contribution >= 0.6 is 0 Å². The van der Waals surface area contributed by atoms with Crippen molar-refractivity contribution in [3.05, 3.63) is 0 Å². The van der Waals surface area contributed by atoms with Crippen molar-refractivity contribution in [2.24, 2.45) is 0 Å². The number of hydrogen-bond donors (Lipinski definition) is 1. The summed E-state index contributed by atoms with van der Waals surface area (Å²) in [6.07, 6.45) is 0.271. The number of amides is 1. The number of sulfone groups is 1. The Morgan fingerprint density at radius 3 is 2.41 bits per heavy atom. The number of carbonyl (C=O) groups excluding carboxylic acids is 2. The lowest BCUT2D eigenvalue weighted by Gasteiger charge is -2.11. The van der Waals surface area contributed by atoms with Crippen molar-refractivity contribution in [1.82, 2.24) is 5.32 Å². The molecule has 0 aliphatic rings. The zero-order valence-electron chi connectivity index (χ0n) is 10.4. The summed E-state index contributed by atoms with van der Waals surface area (Å²) < 4.78 is 27.8. The van der Waals surface area contributed by atoms with Crippen LogP contribution in [0.25, 0.3) is 0 Å². The van der Waals surface area contributed by atoms with Crippen LogP contribution in [0.4, 0.5) is 0 Å². The van der Waals surface area contributed by atoms with Gasteiger partial charge in [0.1, 0.15) is 0 Å². The molecule has 0 radical (unpaired) electrons. The molecule has 0 bridgehead atoms. The molecule has 1 N–H and O–H groups in total. The minimum Gasteiger partial charge on any atom is -0.469 e. The summed E-state index contributed by atoms with van der Waals surface area (Å²) in [4.78, 5) is 21.9. The first kappa shape index (κ1) is 15.9. The molecule has 6 nitrogen and oxygen atoms in total. The predicted molar refractivity (Wildman–Crippen MR) is 63.2 cm³/mol. The number of esters is 1. The molecule has 1 atom stereocenters. The molecular formula is C10H19NO5S. The van der Waals surface area contributed by atoms with E-state index in [-0.39, 0.29) is 30.9 Å². The molecule has 0 rings (SSSR count). The van der Waals surface area contributed by atoms with Crippen LogP contribution in [0.1, 0.15) is 26.2 Å². The third-order valence-electron chi connectivity index (χ3n) is 2.41. The minimum absolute atomic E-state index is 0.0986. The molecule has 100 valence electrons. The number of rotatable bonds is 7. The van der Waals surface area contributed by atoms with Gasteiger partial charge in [0, 0.05) is 13.5 Å². The Labute approximate surface area is 102 Å². The van der Waals surface area contributed by atoms with E-state index < -0.39 is 21.1 Å².